The van der Waals surface area contributed by atoms with Gasteiger partial charge in [0.05, 0.1) is 53.6 Å². The minimum atomic E-state index is -0.878. The predicted octanol–water partition coefficient (Wildman–Crippen LogP) is 13.7. The van der Waals surface area contributed by atoms with Crippen molar-refractivity contribution in [1.29, 1.82) is 0 Å². The molecule has 5 aromatic heterocycles. The molecule has 6 N–H and O–H groups in total. The lowest BCUT2D eigenvalue weighted by atomic mass is 9.88. The van der Waals surface area contributed by atoms with E-state index in [2.05, 4.69) is 97.1 Å². The number of aryl methyl sites for hydroxylation is 8. The van der Waals surface area contributed by atoms with Crippen LogP contribution in [-0.2, 0) is 81.3 Å². The van der Waals surface area contributed by atoms with Crippen molar-refractivity contribution in [1.82, 2.24) is 49.6 Å². The smallest absolute Gasteiger partial charge is 0.325 e. The largest absolute Gasteiger partial charge is 0.480 e. The second kappa shape index (κ2) is 40.5. The number of aromatic nitrogens is 7. The van der Waals surface area contributed by atoms with Gasteiger partial charge >= 0.3 is 17.9 Å². The Bertz CT molecular complexity index is 3890. The first-order chi connectivity index (χ1) is 54.6. The Morgan fingerprint density at radius 1 is 0.473 bits per heavy atom. The zero-order valence-electron chi connectivity index (χ0n) is 66.6. The molecule has 0 amide bonds. The van der Waals surface area contributed by atoms with E-state index < -0.39 is 36.0 Å². The first kappa shape index (κ1) is 82.3. The number of unbranched alkanes of at least 4 members (excludes halogenated alkanes) is 3. The van der Waals surface area contributed by atoms with Gasteiger partial charge in [0, 0.05) is 133 Å². The van der Waals surface area contributed by atoms with Gasteiger partial charge in [0.1, 0.15) is 47.2 Å². The van der Waals surface area contributed by atoms with Gasteiger partial charge in [-0.2, -0.15) is 0 Å². The van der Waals surface area contributed by atoms with Crippen LogP contribution in [0.4, 0.5) is 17.5 Å². The molecule has 15 rings (SSSR count). The van der Waals surface area contributed by atoms with Gasteiger partial charge in [0.25, 0.3) is 0 Å². The SMILES string of the molecule is CC1(C)CCCC(c2ccccc2[C@@H](C(=O)O)N2CC[C@@H](OCCCCc3ccc4c(n3)NCCC4)C2)O1.Cc1ncc([C@@H](C(=O)O)N2CC[C@@H](OCCCCc3ccc4c(n3)NCCC4)C2)c(C2CCCCO2)n1.Cc1ncc([C@H](C(=O)O)N2CC[C@@H](OCCCCc3ccc4c(n3)NCCC4)C2)c(C2CCCCO2)n1. The van der Waals surface area contributed by atoms with Gasteiger partial charge in [0.15, 0.2) is 0 Å². The first-order valence-corrected chi connectivity index (χ1v) is 42.2. The molecule has 6 aromatic rings. The quantitative estimate of drug-likeness (QED) is 0.0228. The Kier molecular flexibility index (Phi) is 29.8. The number of pyridine rings is 3. The van der Waals surface area contributed by atoms with E-state index in [1.165, 1.54) is 36.0 Å². The number of fused-ring (bicyclic) bond motifs is 3. The maximum Gasteiger partial charge on any atom is 0.325 e. The Morgan fingerprint density at radius 3 is 1.25 bits per heavy atom. The fraction of sp³-hybridized carbons (Fsp3) is 0.632. The van der Waals surface area contributed by atoms with E-state index >= 15 is 0 Å². The van der Waals surface area contributed by atoms with Crippen molar-refractivity contribution < 1.29 is 58.1 Å². The molecule has 0 spiro atoms. The summed E-state index contributed by atoms with van der Waals surface area (Å²) < 4.78 is 36.9. The minimum Gasteiger partial charge on any atom is -0.480 e. The van der Waals surface area contributed by atoms with Gasteiger partial charge in [0.2, 0.25) is 0 Å². The fourth-order valence-electron chi connectivity index (χ4n) is 17.7. The molecule has 9 aliphatic rings. The van der Waals surface area contributed by atoms with E-state index in [1.54, 1.807) is 12.4 Å². The summed E-state index contributed by atoms with van der Waals surface area (Å²) in [5.74, 6) is 1.88. The number of hydrogen-bond acceptors (Lipinski definition) is 22. The molecule has 0 bridgehead atoms. The van der Waals surface area contributed by atoms with Crippen LogP contribution in [0.25, 0.3) is 0 Å². The van der Waals surface area contributed by atoms with Gasteiger partial charge in [-0.1, -0.05) is 42.5 Å². The highest BCUT2D eigenvalue weighted by Gasteiger charge is 2.42. The molecule has 1 aromatic carbocycles. The molecule has 25 nitrogen and oxygen atoms in total. The summed E-state index contributed by atoms with van der Waals surface area (Å²) in [6, 6.07) is 18.8. The van der Waals surface area contributed by atoms with E-state index in [9.17, 15) is 29.7 Å². The van der Waals surface area contributed by atoms with Crippen LogP contribution in [0.1, 0.15) is 264 Å². The van der Waals surface area contributed by atoms with Crippen LogP contribution in [0.3, 0.4) is 0 Å². The number of anilines is 3. The molecular weight excluding hydrogens is 1420 g/mol. The van der Waals surface area contributed by atoms with Crippen molar-refractivity contribution in [3.05, 3.63) is 152 Å². The highest BCUT2D eigenvalue weighted by atomic mass is 16.5. The molecule has 6 fully saturated rings. The highest BCUT2D eigenvalue weighted by Crippen LogP contribution is 2.42. The molecule has 9 atom stereocenters. The van der Waals surface area contributed by atoms with Crippen molar-refractivity contribution >= 4 is 35.4 Å². The van der Waals surface area contributed by atoms with Crippen LogP contribution in [0.5, 0.6) is 0 Å². The van der Waals surface area contributed by atoms with Gasteiger partial charge in [-0.15, -0.1) is 0 Å². The lowest BCUT2D eigenvalue weighted by Gasteiger charge is -2.38. The van der Waals surface area contributed by atoms with Crippen LogP contribution in [0.15, 0.2) is 73.1 Å². The predicted molar refractivity (Wildman–Crippen MR) is 428 cm³/mol. The number of ether oxygens (including phenoxy) is 6. The molecule has 112 heavy (non-hydrogen) atoms. The number of carbonyl (C=O) groups is 3. The van der Waals surface area contributed by atoms with Crippen LogP contribution in [0.2, 0.25) is 0 Å². The third-order valence-corrected chi connectivity index (χ3v) is 23.6. The molecular formula is C87H121N13O12. The number of aliphatic carboxylic acids is 3. The summed E-state index contributed by atoms with van der Waals surface area (Å²) in [5, 5.41) is 40.9. The lowest BCUT2D eigenvalue weighted by molar-refractivity contribution is -0.144. The molecule has 25 heteroatoms. The van der Waals surface area contributed by atoms with Crippen molar-refractivity contribution in [2.24, 2.45) is 0 Å². The standard InChI is InChI=1S/C31H43N3O4.2C28H39N5O4/c1-31(2)17-7-13-27(38-31)25-11-3-4-12-26(25)28(30(35)36)34-19-16-24(21-34)37-20-6-5-10-23-15-14-22-9-8-18-32-29(22)33-23;2*1-19-30-17-23(25(31-19)24-9-3-5-16-37-24)26(28(34)35)33-14-12-22(18-33)36-15-4-2-8-21-11-10-20-7-6-13-29-27(20)32-21/h3-4,11-12,14-15,24,27-28H,5-10,13,16-21H2,1-2H3,(H,32,33)(H,35,36);2*10-11,17,22,24,26H,2-9,12-16,18H2,1H3,(H,29,32)(H,34,35)/t24-,27?,28+;22-,24?,26+;22-,24?,26-/m111/s1. The van der Waals surface area contributed by atoms with Crippen LogP contribution in [-0.4, -0.2) is 199 Å². The van der Waals surface area contributed by atoms with Crippen molar-refractivity contribution in [2.45, 2.75) is 261 Å². The zero-order chi connectivity index (χ0) is 77.8. The van der Waals surface area contributed by atoms with E-state index in [4.69, 9.17) is 43.4 Å². The summed E-state index contributed by atoms with van der Waals surface area (Å²) in [5.41, 5.74) is 11.8. The topological polar surface area (TPSA) is 303 Å². The monoisotopic (exact) mass is 1540 g/mol. The zero-order valence-corrected chi connectivity index (χ0v) is 66.6. The number of rotatable bonds is 30. The summed E-state index contributed by atoms with van der Waals surface area (Å²) in [6.45, 7) is 18.2. The average molecular weight is 1540 g/mol. The maximum atomic E-state index is 12.5. The van der Waals surface area contributed by atoms with Gasteiger partial charge < -0.3 is 59.7 Å². The number of nitrogens with one attached hydrogen (secondary N) is 3. The second-order valence-corrected chi connectivity index (χ2v) is 32.6. The van der Waals surface area contributed by atoms with Crippen molar-refractivity contribution in [3.8, 4) is 0 Å². The Hall–Kier alpha value is -7.72. The molecule has 0 saturated carbocycles. The lowest BCUT2D eigenvalue weighted by Crippen LogP contribution is -2.36. The van der Waals surface area contributed by atoms with E-state index in [0.29, 0.717) is 88.5 Å². The highest BCUT2D eigenvalue weighted by molar-refractivity contribution is 5.77. The van der Waals surface area contributed by atoms with E-state index in [1.807, 2.05) is 41.8 Å². The third-order valence-electron chi connectivity index (χ3n) is 23.6. The summed E-state index contributed by atoms with van der Waals surface area (Å²) in [6.07, 6.45) is 30.2. The van der Waals surface area contributed by atoms with Crippen LogP contribution >= 0.6 is 0 Å². The van der Waals surface area contributed by atoms with Crippen molar-refractivity contribution in [3.63, 3.8) is 0 Å². The second-order valence-electron chi connectivity index (χ2n) is 32.6. The number of hydrogen-bond donors (Lipinski definition) is 6. The molecule has 606 valence electrons. The Balaban J connectivity index is 0.000000147. The number of likely N-dealkylation sites (tertiary alicyclic amines) is 3. The number of nitrogens with zero attached hydrogens (tertiary/aromatic N) is 10. The Morgan fingerprint density at radius 2 is 0.866 bits per heavy atom. The van der Waals surface area contributed by atoms with Crippen LogP contribution in [0, 0.1) is 13.8 Å². The number of carboxylic acids is 3. The average Bonchev–Trinajstić information content (AvgIpc) is 1.39. The molecule has 6 saturated heterocycles. The molecule has 3 unspecified atom stereocenters. The number of benzene rings is 1. The first-order valence-electron chi connectivity index (χ1n) is 42.2. The van der Waals surface area contributed by atoms with Crippen LogP contribution < -0.4 is 16.0 Å². The van der Waals surface area contributed by atoms with Gasteiger partial charge in [-0.3, -0.25) is 29.1 Å². The minimum absolute atomic E-state index is 0.0358. The van der Waals surface area contributed by atoms with E-state index in [0.717, 1.165) is 237 Å². The normalized spacial score (nSPS) is 23.2. The summed E-state index contributed by atoms with van der Waals surface area (Å²) in [7, 11) is 0. The number of carboxylic acid groups (broad SMARTS) is 3. The van der Waals surface area contributed by atoms with Crippen molar-refractivity contribution in [2.75, 3.05) is 108 Å². The summed E-state index contributed by atoms with van der Waals surface area (Å²) in [4.78, 5) is 75.8. The van der Waals surface area contributed by atoms with Gasteiger partial charge in [-0.05, 0) is 247 Å². The molecule has 0 aliphatic carbocycles. The molecule has 9 aliphatic heterocycles. The Labute approximate surface area is 661 Å². The molecule has 0 radical (unpaired) electrons. The third kappa shape index (κ3) is 22.4. The van der Waals surface area contributed by atoms with Gasteiger partial charge in [-0.25, -0.2) is 34.9 Å². The fourth-order valence-corrected chi connectivity index (χ4v) is 17.7. The maximum absolute atomic E-state index is 12.5. The van der Waals surface area contributed by atoms with E-state index in [-0.39, 0.29) is 42.2 Å². The molecule has 14 heterocycles. The summed E-state index contributed by atoms with van der Waals surface area (Å²) >= 11 is 0.